The number of β-amino-alcohol motifs (C(OH)–C–C–N with tert-alkyl or cyclic N) is 2. The number of aliphatic hydroxyl groups is 2. The Kier molecular flexibility index (Phi) is 25.5. The third-order valence-corrected chi connectivity index (χ3v) is 17.2. The first-order chi connectivity index (χ1) is 48.3. The van der Waals surface area contributed by atoms with Crippen LogP contribution in [0.1, 0.15) is 91.5 Å². The number of epoxide rings is 1. The highest BCUT2D eigenvalue weighted by molar-refractivity contribution is 5.79. The van der Waals surface area contributed by atoms with Crippen molar-refractivity contribution in [2.24, 2.45) is 0 Å². The van der Waals surface area contributed by atoms with E-state index >= 15 is 0 Å². The lowest BCUT2D eigenvalue weighted by Crippen LogP contribution is -2.38. The van der Waals surface area contributed by atoms with Crippen molar-refractivity contribution < 1.29 is 92.0 Å². The highest BCUT2D eigenvalue weighted by Gasteiger charge is 2.36. The van der Waals surface area contributed by atoms with Gasteiger partial charge in [0.1, 0.15) is 34.5 Å². The SMILES string of the molecule is COc1cccc(-c2cccc3c2CCC(c2cccc(OC(F)(F)F)c2)N3)c1.COc1cccc(-c2cccc3c2CC[C@@H](c2cccc(OC(F)(F)F)c2)N3C[C@@H](C)O)c1.COc1cccc(-c2cccc3c2CC[C@H](c2cccc(OC(F)(F)F)c2)N3C[C@@H](C)O)c1.C[C@@H]1CO1.FF. The molecule has 101 heavy (non-hydrogen) atoms. The molecule has 4 aliphatic rings. The van der Waals surface area contributed by atoms with Crippen LogP contribution < -0.4 is 43.5 Å². The molecule has 0 amide bonds. The van der Waals surface area contributed by atoms with Gasteiger partial charge in [-0.15, -0.1) is 39.5 Å². The third kappa shape index (κ3) is 21.0. The summed E-state index contributed by atoms with van der Waals surface area (Å²) < 4.78 is 163. The summed E-state index contributed by atoms with van der Waals surface area (Å²) in [5.41, 5.74) is 15.0. The second kappa shape index (κ2) is 34.1. The number of benzene rings is 9. The summed E-state index contributed by atoms with van der Waals surface area (Å²) in [7, 11) is 4.90. The molecule has 0 bridgehead atoms. The van der Waals surface area contributed by atoms with Gasteiger partial charge in [0, 0.05) is 39.3 Å². The number of rotatable bonds is 16. The Bertz CT molecular complexity index is 3990. The Morgan fingerprint density at radius 1 is 0.436 bits per heavy atom. The van der Waals surface area contributed by atoms with Gasteiger partial charge in [0.2, 0.25) is 0 Å². The lowest BCUT2D eigenvalue weighted by molar-refractivity contribution is -0.275. The summed E-state index contributed by atoms with van der Waals surface area (Å²) in [5.74, 6) is 1.64. The number of methoxy groups -OCH3 is 3. The van der Waals surface area contributed by atoms with E-state index in [1.54, 1.807) is 65.5 Å². The number of alkyl halides is 9. The van der Waals surface area contributed by atoms with E-state index in [1.165, 1.54) is 42.0 Å². The van der Waals surface area contributed by atoms with Crippen molar-refractivity contribution in [3.8, 4) is 67.9 Å². The number of hydrogen-bond acceptors (Lipinski definition) is 12. The molecular formula is C78H78F11N3O9. The van der Waals surface area contributed by atoms with Crippen LogP contribution in [-0.4, -0.2) is 88.6 Å². The maximum absolute atomic E-state index is 12.7. The number of halogens is 11. The van der Waals surface area contributed by atoms with Crippen LogP contribution in [-0.2, 0) is 24.0 Å². The summed E-state index contributed by atoms with van der Waals surface area (Å²) >= 11 is 0. The zero-order valence-corrected chi connectivity index (χ0v) is 56.2. The van der Waals surface area contributed by atoms with Gasteiger partial charge >= 0.3 is 19.1 Å². The number of aliphatic hydroxyl groups excluding tert-OH is 2. The van der Waals surface area contributed by atoms with Crippen molar-refractivity contribution >= 4 is 17.1 Å². The normalized spacial score (nSPS) is 17.2. The fourth-order valence-corrected chi connectivity index (χ4v) is 13.0. The van der Waals surface area contributed by atoms with Gasteiger partial charge < -0.3 is 58.5 Å². The topological polar surface area (TPSA) is 127 Å². The second-order valence-electron chi connectivity index (χ2n) is 24.5. The number of fused-ring (bicyclic) bond motifs is 3. The van der Waals surface area contributed by atoms with E-state index in [1.807, 2.05) is 115 Å². The second-order valence-corrected chi connectivity index (χ2v) is 24.5. The fraction of sp³-hybridized carbons (Fsp3) is 0.308. The molecule has 9 aromatic carbocycles. The van der Waals surface area contributed by atoms with Crippen molar-refractivity contribution in [2.45, 2.75) is 115 Å². The first-order valence-corrected chi connectivity index (χ1v) is 32.6. The van der Waals surface area contributed by atoms with E-state index in [2.05, 4.69) is 54.5 Å². The third-order valence-electron chi connectivity index (χ3n) is 17.2. The summed E-state index contributed by atoms with van der Waals surface area (Å²) in [6.07, 6.45) is -10.4. The van der Waals surface area contributed by atoms with Gasteiger partial charge in [0.25, 0.3) is 0 Å². The first-order valence-electron chi connectivity index (χ1n) is 32.6. The van der Waals surface area contributed by atoms with Crippen LogP contribution in [0.4, 0.5) is 65.7 Å². The predicted molar refractivity (Wildman–Crippen MR) is 367 cm³/mol. The van der Waals surface area contributed by atoms with Gasteiger partial charge in [-0.25, -0.2) is 0 Å². The standard InChI is InChI=1S/2C26H26F3NO3.C23H20F3NO2.C3H6O.F2/c2*1-17(31)16-30-24(19-7-4-9-21(15-19)33-26(27,28)29)13-12-23-22(10-5-11-25(23)30)18-6-3-8-20(14-18)32-2;1-28-17-7-2-5-15(13-17)19-9-4-10-22-20(19)11-12-21(27-22)16-6-3-8-18(14-16)29-23(24,25)26;1-3-2-4-3;1-2/h2*3-11,14-15,17,24,31H,12-13,16H2,1-2H3;2-10,13-14,21,27H,11-12H2,1H3;3H,2H2,1H3;/t17-,24+;17-,24-;;3-;/m11.1./s1. The minimum absolute atomic E-state index is 0.0835. The van der Waals surface area contributed by atoms with E-state index in [9.17, 15) is 49.7 Å². The van der Waals surface area contributed by atoms with Crippen molar-refractivity contribution in [3.05, 3.63) is 234 Å². The van der Waals surface area contributed by atoms with Crippen molar-refractivity contribution in [1.82, 2.24) is 0 Å². The van der Waals surface area contributed by atoms with Crippen LogP contribution in [0.25, 0.3) is 33.4 Å². The van der Waals surface area contributed by atoms with Crippen LogP contribution in [0.5, 0.6) is 34.5 Å². The summed E-state index contributed by atoms with van der Waals surface area (Å²) in [6.45, 7) is 7.16. The van der Waals surface area contributed by atoms with E-state index in [4.69, 9.17) is 28.1 Å². The quantitative estimate of drug-likeness (QED) is 0.0630. The molecule has 3 N–H and O–H groups in total. The number of ether oxygens (including phenoxy) is 7. The molecule has 13 rings (SSSR count). The number of nitrogens with one attached hydrogen (secondary N) is 1. The van der Waals surface area contributed by atoms with Crippen molar-refractivity contribution in [1.29, 1.82) is 0 Å². The Morgan fingerprint density at radius 2 is 0.752 bits per heavy atom. The summed E-state index contributed by atoms with van der Waals surface area (Å²) in [6, 6.07) is 59.6. The van der Waals surface area contributed by atoms with Crippen molar-refractivity contribution in [2.75, 3.05) is 56.1 Å². The van der Waals surface area contributed by atoms with E-state index in [-0.39, 0.29) is 35.4 Å². The molecule has 0 radical (unpaired) electrons. The van der Waals surface area contributed by atoms with Gasteiger partial charge in [-0.3, -0.25) is 0 Å². The molecule has 4 aliphatic heterocycles. The molecule has 6 atom stereocenters. The van der Waals surface area contributed by atoms with Crippen LogP contribution in [0.2, 0.25) is 0 Å². The molecule has 0 saturated carbocycles. The van der Waals surface area contributed by atoms with Gasteiger partial charge in [0.15, 0.2) is 0 Å². The number of hydrogen-bond donors (Lipinski definition) is 3. The predicted octanol–water partition coefficient (Wildman–Crippen LogP) is 19.9. The molecule has 1 unspecified atom stereocenters. The average molecular weight is 1410 g/mol. The largest absolute Gasteiger partial charge is 0.573 e. The highest BCUT2D eigenvalue weighted by Crippen LogP contribution is 2.47. The lowest BCUT2D eigenvalue weighted by atomic mass is 9.86. The van der Waals surface area contributed by atoms with Crippen LogP contribution in [0.3, 0.4) is 0 Å². The highest BCUT2D eigenvalue weighted by atomic mass is 20.0. The molecular weight excluding hydrogens is 1330 g/mol. The molecule has 12 nitrogen and oxygen atoms in total. The lowest BCUT2D eigenvalue weighted by Gasteiger charge is -2.41. The molecule has 0 spiro atoms. The maximum Gasteiger partial charge on any atom is 0.573 e. The monoisotopic (exact) mass is 1410 g/mol. The van der Waals surface area contributed by atoms with Gasteiger partial charge in [-0.05, 0) is 217 Å². The zero-order valence-electron chi connectivity index (χ0n) is 56.2. The first kappa shape index (κ1) is 75.5. The Labute approximate surface area is 579 Å². The summed E-state index contributed by atoms with van der Waals surface area (Å²) in [4.78, 5) is 4.17. The molecule has 0 aromatic heterocycles. The number of nitrogens with zero attached hydrogens (tertiary/aromatic N) is 2. The Balaban J connectivity index is 0.000000169. The number of anilines is 3. The molecule has 0 aliphatic carbocycles. The smallest absolute Gasteiger partial charge is 0.497 e. The van der Waals surface area contributed by atoms with E-state index in [0.717, 1.165) is 128 Å². The molecule has 1 fully saturated rings. The molecule has 536 valence electrons. The molecule has 23 heteroatoms. The van der Waals surface area contributed by atoms with Crippen LogP contribution in [0, 0.1) is 0 Å². The Morgan fingerprint density at radius 3 is 1.11 bits per heavy atom. The van der Waals surface area contributed by atoms with Crippen LogP contribution >= 0.6 is 0 Å². The Hall–Kier alpha value is -9.71. The van der Waals surface area contributed by atoms with Gasteiger partial charge in [-0.2, -0.15) is 0 Å². The van der Waals surface area contributed by atoms with Crippen molar-refractivity contribution in [3.63, 3.8) is 0 Å². The summed E-state index contributed by atoms with van der Waals surface area (Å²) in [5, 5.41) is 23.9. The van der Waals surface area contributed by atoms with E-state index in [0.29, 0.717) is 32.0 Å². The minimum Gasteiger partial charge on any atom is -0.497 e. The molecule has 9 aromatic rings. The molecule has 1 saturated heterocycles. The maximum atomic E-state index is 12.7. The van der Waals surface area contributed by atoms with Crippen LogP contribution in [0.15, 0.2) is 200 Å². The van der Waals surface area contributed by atoms with Gasteiger partial charge in [-0.1, -0.05) is 109 Å². The van der Waals surface area contributed by atoms with Gasteiger partial charge in [0.05, 0.1) is 64.4 Å². The molecule has 4 heterocycles. The minimum atomic E-state index is -4.75. The fourth-order valence-electron chi connectivity index (χ4n) is 13.0. The van der Waals surface area contributed by atoms with E-state index < -0.39 is 31.3 Å². The average Bonchev–Trinajstić information content (AvgIpc) is 1.08. The zero-order chi connectivity index (χ0) is 72.6.